The SMILES string of the molecule is CCCCCCOC(=O)COC(=O)/C(=N/O)C1=NCC(CCC)(CCC)c2c(C)cccc21. The fourth-order valence-electron chi connectivity index (χ4n) is 4.79. The Morgan fingerprint density at radius 3 is 2.42 bits per heavy atom. The maximum atomic E-state index is 12.7. The van der Waals surface area contributed by atoms with Gasteiger partial charge in [-0.2, -0.15) is 0 Å². The second-order valence-electron chi connectivity index (χ2n) is 8.75. The number of unbranched alkanes of at least 4 members (excludes halogenated alkanes) is 3. The van der Waals surface area contributed by atoms with E-state index in [1.165, 1.54) is 0 Å². The third-order valence-electron chi connectivity index (χ3n) is 6.15. The minimum atomic E-state index is -0.898. The standard InChI is InChI=1S/C26H38N2O5/c1-5-8-9-10-16-32-21(29)17-33-25(30)24(28-31)23-20-13-11-12-19(4)22(20)26(14-6-2,15-7-3)18-27-23/h11-13,31H,5-10,14-18H2,1-4H3/b28-24+. The molecule has 7 heteroatoms. The van der Waals surface area contributed by atoms with Gasteiger partial charge in [-0.15, -0.1) is 0 Å². The molecule has 0 spiro atoms. The highest BCUT2D eigenvalue weighted by atomic mass is 16.6. The molecule has 1 aliphatic heterocycles. The van der Waals surface area contributed by atoms with Crippen LogP contribution in [0.1, 0.15) is 88.8 Å². The molecule has 1 heterocycles. The molecule has 1 aromatic carbocycles. The number of oxime groups is 1. The highest BCUT2D eigenvalue weighted by molar-refractivity contribution is 6.69. The predicted octanol–water partition coefficient (Wildman–Crippen LogP) is 5.13. The molecule has 0 saturated carbocycles. The number of aryl methyl sites for hydroxylation is 1. The second-order valence-corrected chi connectivity index (χ2v) is 8.75. The Kier molecular flexibility index (Phi) is 10.6. The van der Waals surface area contributed by atoms with Crippen LogP contribution in [0.15, 0.2) is 28.3 Å². The Balaban J connectivity index is 2.17. The van der Waals surface area contributed by atoms with Crippen LogP contribution in [0.3, 0.4) is 0 Å². The van der Waals surface area contributed by atoms with Crippen molar-refractivity contribution in [2.24, 2.45) is 10.1 Å². The largest absolute Gasteiger partial charge is 0.463 e. The molecule has 0 aromatic heterocycles. The third kappa shape index (κ3) is 6.65. The van der Waals surface area contributed by atoms with Gasteiger partial charge in [0.15, 0.2) is 6.61 Å². The summed E-state index contributed by atoms with van der Waals surface area (Å²) >= 11 is 0. The molecule has 0 aliphatic carbocycles. The quantitative estimate of drug-likeness (QED) is 0.145. The van der Waals surface area contributed by atoms with Gasteiger partial charge in [-0.3, -0.25) is 4.99 Å². The lowest BCUT2D eigenvalue weighted by Gasteiger charge is -2.39. The fourth-order valence-corrected chi connectivity index (χ4v) is 4.79. The molecule has 33 heavy (non-hydrogen) atoms. The second kappa shape index (κ2) is 13.1. The molecular weight excluding hydrogens is 420 g/mol. The van der Waals surface area contributed by atoms with Gasteiger partial charge in [-0.25, -0.2) is 9.59 Å². The van der Waals surface area contributed by atoms with Crippen LogP contribution in [0, 0.1) is 6.92 Å². The summed E-state index contributed by atoms with van der Waals surface area (Å²) in [5.74, 6) is -1.52. The zero-order valence-corrected chi connectivity index (χ0v) is 20.5. The molecule has 1 aliphatic rings. The lowest BCUT2D eigenvalue weighted by molar-refractivity contribution is -0.155. The first-order valence-electron chi connectivity index (χ1n) is 12.1. The van der Waals surface area contributed by atoms with Crippen molar-refractivity contribution >= 4 is 23.4 Å². The van der Waals surface area contributed by atoms with Gasteiger partial charge in [-0.05, 0) is 37.3 Å². The number of hydrogen-bond donors (Lipinski definition) is 1. The van der Waals surface area contributed by atoms with Crippen LogP contribution in [-0.2, 0) is 24.5 Å². The van der Waals surface area contributed by atoms with Crippen LogP contribution in [0.4, 0.5) is 0 Å². The minimum absolute atomic E-state index is 0.111. The normalized spacial score (nSPS) is 14.9. The Bertz CT molecular complexity index is 869. The van der Waals surface area contributed by atoms with Crippen molar-refractivity contribution in [3.8, 4) is 0 Å². The number of rotatable bonds is 13. The summed E-state index contributed by atoms with van der Waals surface area (Å²) in [7, 11) is 0. The summed E-state index contributed by atoms with van der Waals surface area (Å²) in [6.07, 6.45) is 7.95. The summed E-state index contributed by atoms with van der Waals surface area (Å²) in [4.78, 5) is 29.3. The van der Waals surface area contributed by atoms with Crippen LogP contribution in [0.25, 0.3) is 0 Å². The Hall–Kier alpha value is -2.70. The van der Waals surface area contributed by atoms with Crippen molar-refractivity contribution in [3.05, 3.63) is 34.9 Å². The maximum Gasteiger partial charge on any atom is 0.363 e. The number of benzene rings is 1. The summed E-state index contributed by atoms with van der Waals surface area (Å²) in [6, 6.07) is 5.88. The summed E-state index contributed by atoms with van der Waals surface area (Å²) < 4.78 is 10.2. The lowest BCUT2D eigenvalue weighted by atomic mass is 9.68. The van der Waals surface area contributed by atoms with Gasteiger partial charge in [0.2, 0.25) is 5.71 Å². The lowest BCUT2D eigenvalue weighted by Crippen LogP contribution is -2.40. The van der Waals surface area contributed by atoms with Crippen LogP contribution in [0.2, 0.25) is 0 Å². The van der Waals surface area contributed by atoms with Crippen molar-refractivity contribution in [2.75, 3.05) is 19.8 Å². The molecule has 0 unspecified atom stereocenters. The van der Waals surface area contributed by atoms with Crippen LogP contribution in [0.5, 0.6) is 0 Å². The number of aliphatic imine (C=N–C) groups is 1. The fraction of sp³-hybridized carbons (Fsp3) is 0.615. The van der Waals surface area contributed by atoms with E-state index in [1.54, 1.807) is 0 Å². The monoisotopic (exact) mass is 458 g/mol. The van der Waals surface area contributed by atoms with Crippen molar-refractivity contribution in [3.63, 3.8) is 0 Å². The average molecular weight is 459 g/mol. The first kappa shape index (κ1) is 26.6. The molecule has 0 bridgehead atoms. The number of carbonyl (C=O) groups is 2. The number of hydrogen-bond acceptors (Lipinski definition) is 7. The van der Waals surface area contributed by atoms with Crippen LogP contribution >= 0.6 is 0 Å². The van der Waals surface area contributed by atoms with E-state index in [-0.39, 0.29) is 11.1 Å². The van der Waals surface area contributed by atoms with E-state index in [0.717, 1.165) is 68.1 Å². The van der Waals surface area contributed by atoms with E-state index in [4.69, 9.17) is 14.5 Å². The van der Waals surface area contributed by atoms with Crippen molar-refractivity contribution in [1.29, 1.82) is 0 Å². The minimum Gasteiger partial charge on any atom is -0.463 e. The van der Waals surface area contributed by atoms with Crippen molar-refractivity contribution in [2.45, 2.75) is 84.5 Å². The molecule has 1 N–H and O–H groups in total. The van der Waals surface area contributed by atoms with E-state index < -0.39 is 18.5 Å². The van der Waals surface area contributed by atoms with Gasteiger partial charge in [0, 0.05) is 17.5 Å². The summed E-state index contributed by atoms with van der Waals surface area (Å²) in [6.45, 7) is 8.77. The summed E-state index contributed by atoms with van der Waals surface area (Å²) in [5, 5.41) is 12.9. The van der Waals surface area contributed by atoms with Crippen LogP contribution in [-0.4, -0.2) is 48.3 Å². The topological polar surface area (TPSA) is 97.6 Å². The predicted molar refractivity (Wildman–Crippen MR) is 129 cm³/mol. The van der Waals surface area contributed by atoms with Crippen molar-refractivity contribution < 1.29 is 24.3 Å². The van der Waals surface area contributed by atoms with Gasteiger partial charge < -0.3 is 14.7 Å². The van der Waals surface area contributed by atoms with Crippen LogP contribution < -0.4 is 0 Å². The van der Waals surface area contributed by atoms with Gasteiger partial charge in [-0.1, -0.05) is 76.2 Å². The smallest absolute Gasteiger partial charge is 0.363 e. The zero-order valence-electron chi connectivity index (χ0n) is 20.5. The van der Waals surface area contributed by atoms with Gasteiger partial charge >= 0.3 is 11.9 Å². The van der Waals surface area contributed by atoms with Crippen molar-refractivity contribution in [1.82, 2.24) is 0 Å². The molecule has 2 rings (SSSR count). The highest BCUT2D eigenvalue weighted by Gasteiger charge is 2.40. The number of carbonyl (C=O) groups excluding carboxylic acids is 2. The number of nitrogens with zero attached hydrogens (tertiary/aromatic N) is 2. The first-order chi connectivity index (χ1) is 15.9. The molecule has 7 nitrogen and oxygen atoms in total. The molecule has 0 atom stereocenters. The summed E-state index contributed by atoms with van der Waals surface area (Å²) in [5.41, 5.74) is 2.96. The molecular formula is C26H38N2O5. The number of ether oxygens (including phenoxy) is 2. The van der Waals surface area contributed by atoms with E-state index in [1.807, 2.05) is 12.1 Å². The molecule has 0 saturated heterocycles. The maximum absolute atomic E-state index is 12.7. The molecule has 0 radical (unpaired) electrons. The van der Waals surface area contributed by atoms with Gasteiger partial charge in [0.05, 0.1) is 6.61 Å². The number of esters is 2. The Morgan fingerprint density at radius 1 is 1.06 bits per heavy atom. The van der Waals surface area contributed by atoms with E-state index >= 15 is 0 Å². The van der Waals surface area contributed by atoms with Gasteiger partial charge in [0.25, 0.3) is 0 Å². The molecule has 1 aromatic rings. The van der Waals surface area contributed by atoms with Gasteiger partial charge in [0.1, 0.15) is 5.71 Å². The molecule has 0 fully saturated rings. The molecule has 182 valence electrons. The number of fused-ring (bicyclic) bond motifs is 1. The molecule has 0 amide bonds. The third-order valence-corrected chi connectivity index (χ3v) is 6.15. The highest BCUT2D eigenvalue weighted by Crippen LogP contribution is 2.41. The Morgan fingerprint density at radius 2 is 1.79 bits per heavy atom. The average Bonchev–Trinajstić information content (AvgIpc) is 2.80. The van der Waals surface area contributed by atoms with E-state index in [2.05, 4.69) is 38.9 Å². The van der Waals surface area contributed by atoms with E-state index in [0.29, 0.717) is 18.9 Å². The first-order valence-corrected chi connectivity index (χ1v) is 12.1. The zero-order chi connectivity index (χ0) is 24.3. The van der Waals surface area contributed by atoms with E-state index in [9.17, 15) is 14.8 Å². The Labute approximate surface area is 197 Å².